The number of ether oxygens (including phenoxy) is 1. The van der Waals surface area contributed by atoms with Gasteiger partial charge in [0.2, 0.25) is 0 Å². The van der Waals surface area contributed by atoms with Crippen LogP contribution < -0.4 is 5.32 Å². The highest BCUT2D eigenvalue weighted by molar-refractivity contribution is 5.80. The minimum atomic E-state index is -2.65. The van der Waals surface area contributed by atoms with Crippen LogP contribution in [0.3, 0.4) is 0 Å². The molecule has 2 rings (SSSR count). The number of aliphatic carboxylic acids is 1. The van der Waals surface area contributed by atoms with Crippen LogP contribution in [0, 0.1) is 17.8 Å². The maximum absolute atomic E-state index is 13.1. The highest BCUT2D eigenvalue weighted by Gasteiger charge is 2.72. The number of alkyl halides is 2. The van der Waals surface area contributed by atoms with Crippen molar-refractivity contribution in [2.24, 2.45) is 17.8 Å². The summed E-state index contributed by atoms with van der Waals surface area (Å²) in [6, 6.07) is -1.17. The normalized spacial score (nSPS) is 32.1. The van der Waals surface area contributed by atoms with Crippen molar-refractivity contribution in [3.05, 3.63) is 0 Å². The van der Waals surface area contributed by atoms with Gasteiger partial charge in [-0.2, -0.15) is 0 Å². The molecule has 0 saturated heterocycles. The van der Waals surface area contributed by atoms with Crippen LogP contribution in [-0.4, -0.2) is 34.7 Å². The quantitative estimate of drug-likeness (QED) is 0.836. The van der Waals surface area contributed by atoms with E-state index in [1.165, 1.54) is 0 Å². The molecule has 0 bridgehead atoms. The molecule has 0 aromatic heterocycles. The summed E-state index contributed by atoms with van der Waals surface area (Å²) in [4.78, 5) is 22.8. The lowest BCUT2D eigenvalue weighted by Crippen LogP contribution is -2.47. The number of alkyl carbamates (subject to hydrolysis) is 1. The molecule has 2 aliphatic carbocycles. The average Bonchev–Trinajstić information content (AvgIpc) is 2.63. The number of rotatable bonds is 3. The van der Waals surface area contributed by atoms with Crippen molar-refractivity contribution in [2.75, 3.05) is 0 Å². The minimum absolute atomic E-state index is 0.129. The van der Waals surface area contributed by atoms with Gasteiger partial charge in [0.15, 0.2) is 0 Å². The molecule has 0 aromatic rings. The van der Waals surface area contributed by atoms with Gasteiger partial charge in [0.05, 0.1) is 0 Å². The zero-order valence-electron chi connectivity index (χ0n) is 11.7. The van der Waals surface area contributed by atoms with Crippen LogP contribution in [0.5, 0.6) is 0 Å². The van der Waals surface area contributed by atoms with Gasteiger partial charge in [0.25, 0.3) is 5.92 Å². The van der Waals surface area contributed by atoms with E-state index in [1.807, 2.05) is 0 Å². The summed E-state index contributed by atoms with van der Waals surface area (Å²) in [5.74, 6) is -5.78. The lowest BCUT2D eigenvalue weighted by Gasteiger charge is -2.25. The number of halogens is 2. The van der Waals surface area contributed by atoms with Gasteiger partial charge < -0.3 is 15.2 Å². The summed E-state index contributed by atoms with van der Waals surface area (Å²) in [6.07, 6.45) is -0.577. The highest BCUT2D eigenvalue weighted by Crippen LogP contribution is 2.66. The van der Waals surface area contributed by atoms with Gasteiger partial charge in [-0.15, -0.1) is 0 Å². The van der Waals surface area contributed by atoms with Crippen LogP contribution in [0.15, 0.2) is 0 Å². The summed E-state index contributed by atoms with van der Waals surface area (Å²) >= 11 is 0. The molecule has 7 heteroatoms. The Hall–Kier alpha value is -1.40. The number of nitrogens with one attached hydrogen (secondary N) is 1. The van der Waals surface area contributed by atoms with Gasteiger partial charge >= 0.3 is 12.1 Å². The second-order valence-electron chi connectivity index (χ2n) is 6.58. The number of hydrogen-bond donors (Lipinski definition) is 2. The van der Waals surface area contributed by atoms with Crippen LogP contribution in [-0.2, 0) is 9.53 Å². The first-order valence-corrected chi connectivity index (χ1v) is 6.62. The first-order valence-electron chi connectivity index (χ1n) is 6.62. The Kier molecular flexibility index (Phi) is 3.42. The average molecular weight is 291 g/mol. The maximum Gasteiger partial charge on any atom is 0.408 e. The molecule has 0 heterocycles. The predicted octanol–water partition coefficient (Wildman–Crippen LogP) is 2.26. The second kappa shape index (κ2) is 4.56. The zero-order chi connectivity index (χ0) is 15.3. The molecule has 20 heavy (non-hydrogen) atoms. The van der Waals surface area contributed by atoms with Crippen molar-refractivity contribution in [3.8, 4) is 0 Å². The van der Waals surface area contributed by atoms with Gasteiger partial charge in [-0.25, -0.2) is 18.4 Å². The van der Waals surface area contributed by atoms with Crippen molar-refractivity contribution in [2.45, 2.75) is 51.2 Å². The van der Waals surface area contributed by atoms with Crippen molar-refractivity contribution >= 4 is 12.1 Å². The van der Waals surface area contributed by atoms with Crippen LogP contribution in [0.1, 0.15) is 33.6 Å². The van der Waals surface area contributed by atoms with Gasteiger partial charge in [-0.1, -0.05) is 0 Å². The molecule has 2 N–H and O–H groups in total. The van der Waals surface area contributed by atoms with Gasteiger partial charge in [0, 0.05) is 11.8 Å². The van der Waals surface area contributed by atoms with E-state index in [4.69, 9.17) is 9.84 Å². The SMILES string of the molecule is CC(C)(C)OC(=O)NC(C(=O)O)C1C[C@@H]2[C@H](C1)C2(F)F. The molecule has 0 aliphatic heterocycles. The third-order valence-corrected chi connectivity index (χ3v) is 3.89. The van der Waals surface area contributed by atoms with Crippen LogP contribution >= 0.6 is 0 Å². The van der Waals surface area contributed by atoms with Crippen molar-refractivity contribution in [1.82, 2.24) is 5.32 Å². The summed E-state index contributed by atoms with van der Waals surface area (Å²) in [7, 11) is 0. The number of carboxylic acids is 1. The Balaban J connectivity index is 1.93. The number of carboxylic acid groups (broad SMARTS) is 1. The number of hydrogen-bond acceptors (Lipinski definition) is 3. The van der Waals surface area contributed by atoms with E-state index in [2.05, 4.69) is 5.32 Å². The van der Waals surface area contributed by atoms with E-state index in [-0.39, 0.29) is 12.8 Å². The molecule has 0 radical (unpaired) electrons. The van der Waals surface area contributed by atoms with Gasteiger partial charge in [-0.3, -0.25) is 0 Å². The smallest absolute Gasteiger partial charge is 0.408 e. The molecule has 2 fully saturated rings. The van der Waals surface area contributed by atoms with E-state index in [1.54, 1.807) is 20.8 Å². The first kappa shape index (κ1) is 15.0. The molecule has 0 spiro atoms. The Morgan fingerprint density at radius 3 is 2.20 bits per heavy atom. The van der Waals surface area contributed by atoms with Gasteiger partial charge in [0.1, 0.15) is 11.6 Å². The topological polar surface area (TPSA) is 75.6 Å². The van der Waals surface area contributed by atoms with E-state index < -0.39 is 47.4 Å². The van der Waals surface area contributed by atoms with Crippen molar-refractivity contribution in [3.63, 3.8) is 0 Å². The maximum atomic E-state index is 13.1. The third kappa shape index (κ3) is 2.86. The predicted molar refractivity (Wildman–Crippen MR) is 65.4 cm³/mol. The summed E-state index contributed by atoms with van der Waals surface area (Å²) in [5.41, 5.74) is -0.738. The Morgan fingerprint density at radius 2 is 1.80 bits per heavy atom. The summed E-state index contributed by atoms with van der Waals surface area (Å²) in [6.45, 7) is 4.98. The minimum Gasteiger partial charge on any atom is -0.480 e. The van der Waals surface area contributed by atoms with Gasteiger partial charge in [-0.05, 0) is 39.5 Å². The van der Waals surface area contributed by atoms with E-state index in [0.717, 1.165) is 0 Å². The molecule has 2 aliphatic rings. The Morgan fingerprint density at radius 1 is 1.30 bits per heavy atom. The largest absolute Gasteiger partial charge is 0.480 e. The molecule has 114 valence electrons. The number of carbonyl (C=O) groups excluding carboxylic acids is 1. The molecule has 1 amide bonds. The number of amides is 1. The fourth-order valence-corrected chi connectivity index (χ4v) is 2.94. The highest BCUT2D eigenvalue weighted by atomic mass is 19.3. The van der Waals surface area contributed by atoms with Crippen LogP contribution in [0.2, 0.25) is 0 Å². The fraction of sp³-hybridized carbons (Fsp3) is 0.846. The van der Waals surface area contributed by atoms with Crippen molar-refractivity contribution in [1.29, 1.82) is 0 Å². The zero-order valence-corrected chi connectivity index (χ0v) is 11.7. The molecule has 4 atom stereocenters. The van der Waals surface area contributed by atoms with E-state index in [9.17, 15) is 18.4 Å². The van der Waals surface area contributed by atoms with E-state index in [0.29, 0.717) is 0 Å². The monoisotopic (exact) mass is 291 g/mol. The third-order valence-electron chi connectivity index (χ3n) is 3.89. The van der Waals surface area contributed by atoms with E-state index >= 15 is 0 Å². The lowest BCUT2D eigenvalue weighted by atomic mass is 9.94. The first-order chi connectivity index (χ1) is 9.02. The molecule has 5 nitrogen and oxygen atoms in total. The summed E-state index contributed by atoms with van der Waals surface area (Å²) in [5, 5.41) is 11.4. The van der Waals surface area contributed by atoms with Crippen molar-refractivity contribution < 1.29 is 28.2 Å². The summed E-state index contributed by atoms with van der Waals surface area (Å²) < 4.78 is 31.2. The number of fused-ring (bicyclic) bond motifs is 1. The molecular formula is C13H19F2NO4. The molecular weight excluding hydrogens is 272 g/mol. The molecule has 2 saturated carbocycles. The Bertz CT molecular complexity index is 419. The van der Waals surface area contributed by atoms with Crippen LogP contribution in [0.4, 0.5) is 13.6 Å². The van der Waals surface area contributed by atoms with Crippen LogP contribution in [0.25, 0.3) is 0 Å². The molecule has 2 unspecified atom stereocenters. The molecule has 0 aromatic carbocycles. The second-order valence-corrected chi connectivity index (χ2v) is 6.58. The Labute approximate surface area is 115 Å². The number of carbonyl (C=O) groups is 2. The lowest BCUT2D eigenvalue weighted by molar-refractivity contribution is -0.141. The fourth-order valence-electron chi connectivity index (χ4n) is 2.94. The standard InChI is InChI=1S/C13H19F2NO4/c1-12(2,3)20-11(19)16-9(10(17)18)6-4-7-8(5-6)13(7,14)15/h6-9H,4-5H2,1-3H3,(H,16,19)(H,17,18)/t6?,7-,8+,9?.